The standard InChI is InChI=1S/C20H21N3O3S/c1-2-4-16-6-8-18(9-7-16)27(25,26)22-20(24)19-5-3-14-23(19)15-17-10-12-21-13-11-17/h3,5-14H,2,4,15H2,1H3,(H,22,24). The van der Waals surface area contributed by atoms with Crippen LogP contribution < -0.4 is 4.72 Å². The second kappa shape index (κ2) is 8.18. The summed E-state index contributed by atoms with van der Waals surface area (Å²) in [5, 5.41) is 0. The Morgan fingerprint density at radius 2 is 1.74 bits per heavy atom. The third-order valence-corrected chi connectivity index (χ3v) is 5.51. The number of amides is 1. The zero-order valence-electron chi connectivity index (χ0n) is 15.0. The minimum Gasteiger partial charge on any atom is -0.339 e. The Balaban J connectivity index is 1.76. The molecule has 0 bridgehead atoms. The van der Waals surface area contributed by atoms with E-state index in [1.54, 1.807) is 47.4 Å². The molecule has 2 heterocycles. The molecule has 0 spiro atoms. The lowest BCUT2D eigenvalue weighted by molar-refractivity contribution is 0.0973. The van der Waals surface area contributed by atoms with Gasteiger partial charge in [0.1, 0.15) is 5.69 Å². The number of benzene rings is 1. The maximum absolute atomic E-state index is 12.6. The van der Waals surface area contributed by atoms with E-state index in [0.717, 1.165) is 24.0 Å². The quantitative estimate of drug-likeness (QED) is 0.680. The van der Waals surface area contributed by atoms with Gasteiger partial charge < -0.3 is 4.57 Å². The molecule has 0 fully saturated rings. The first-order chi connectivity index (χ1) is 13.0. The van der Waals surface area contributed by atoms with Crippen molar-refractivity contribution in [3.8, 4) is 0 Å². The Morgan fingerprint density at radius 3 is 2.41 bits per heavy atom. The van der Waals surface area contributed by atoms with Gasteiger partial charge in [-0.05, 0) is 53.9 Å². The molecular weight excluding hydrogens is 362 g/mol. The Morgan fingerprint density at radius 1 is 1.04 bits per heavy atom. The van der Waals surface area contributed by atoms with E-state index in [9.17, 15) is 13.2 Å². The van der Waals surface area contributed by atoms with Crippen molar-refractivity contribution in [1.82, 2.24) is 14.3 Å². The molecule has 1 amide bonds. The number of sulfonamides is 1. The number of pyridine rings is 1. The maximum atomic E-state index is 12.6. The number of carbonyl (C=O) groups is 1. The van der Waals surface area contributed by atoms with E-state index in [4.69, 9.17) is 0 Å². The van der Waals surface area contributed by atoms with Crippen molar-refractivity contribution >= 4 is 15.9 Å². The summed E-state index contributed by atoms with van der Waals surface area (Å²) in [5.74, 6) is -0.660. The second-order valence-corrected chi connectivity index (χ2v) is 7.89. The number of rotatable bonds is 7. The average molecular weight is 383 g/mol. The molecule has 0 saturated carbocycles. The molecule has 7 heteroatoms. The van der Waals surface area contributed by atoms with Crippen molar-refractivity contribution in [2.24, 2.45) is 0 Å². The number of aromatic nitrogens is 2. The van der Waals surface area contributed by atoms with Crippen LogP contribution in [-0.4, -0.2) is 23.9 Å². The minimum atomic E-state index is -3.93. The van der Waals surface area contributed by atoms with Crippen LogP contribution in [0.5, 0.6) is 0 Å². The van der Waals surface area contributed by atoms with Gasteiger partial charge in [0.05, 0.1) is 4.90 Å². The van der Waals surface area contributed by atoms with E-state index in [1.165, 1.54) is 12.1 Å². The summed E-state index contributed by atoms with van der Waals surface area (Å²) < 4.78 is 28.9. The molecule has 27 heavy (non-hydrogen) atoms. The Kier molecular flexibility index (Phi) is 5.71. The van der Waals surface area contributed by atoms with E-state index >= 15 is 0 Å². The summed E-state index contributed by atoms with van der Waals surface area (Å²) in [6.45, 7) is 2.51. The van der Waals surface area contributed by atoms with Gasteiger partial charge in [0.15, 0.2) is 0 Å². The maximum Gasteiger partial charge on any atom is 0.281 e. The first-order valence-electron chi connectivity index (χ1n) is 8.70. The van der Waals surface area contributed by atoms with Gasteiger partial charge in [0.25, 0.3) is 15.9 Å². The van der Waals surface area contributed by atoms with Gasteiger partial charge in [-0.3, -0.25) is 9.78 Å². The molecule has 3 aromatic rings. The van der Waals surface area contributed by atoms with Gasteiger partial charge in [0, 0.05) is 25.1 Å². The topological polar surface area (TPSA) is 81.1 Å². The van der Waals surface area contributed by atoms with Crippen LogP contribution in [-0.2, 0) is 23.0 Å². The molecule has 0 aliphatic carbocycles. The van der Waals surface area contributed by atoms with Crippen LogP contribution in [0.3, 0.4) is 0 Å². The molecule has 1 N–H and O–H groups in total. The monoisotopic (exact) mass is 383 g/mol. The first-order valence-corrected chi connectivity index (χ1v) is 10.2. The fraction of sp³-hybridized carbons (Fsp3) is 0.200. The molecule has 0 radical (unpaired) electrons. The van der Waals surface area contributed by atoms with Crippen LogP contribution in [0.25, 0.3) is 0 Å². The van der Waals surface area contributed by atoms with Gasteiger partial charge in [-0.15, -0.1) is 0 Å². The molecule has 0 atom stereocenters. The molecule has 0 aliphatic heterocycles. The fourth-order valence-electron chi connectivity index (χ4n) is 2.80. The third-order valence-electron chi connectivity index (χ3n) is 4.16. The van der Waals surface area contributed by atoms with Crippen molar-refractivity contribution < 1.29 is 13.2 Å². The predicted molar refractivity (Wildman–Crippen MR) is 103 cm³/mol. The highest BCUT2D eigenvalue weighted by atomic mass is 32.2. The number of hydrogen-bond acceptors (Lipinski definition) is 4. The van der Waals surface area contributed by atoms with E-state index < -0.39 is 15.9 Å². The highest BCUT2D eigenvalue weighted by Crippen LogP contribution is 2.13. The number of hydrogen-bond donors (Lipinski definition) is 1. The molecule has 0 aliphatic rings. The van der Waals surface area contributed by atoms with Crippen LogP contribution >= 0.6 is 0 Å². The lowest BCUT2D eigenvalue weighted by Gasteiger charge is -2.11. The SMILES string of the molecule is CCCc1ccc(S(=O)(=O)NC(=O)c2cccn2Cc2ccncc2)cc1. The smallest absolute Gasteiger partial charge is 0.281 e. The largest absolute Gasteiger partial charge is 0.339 e. The summed E-state index contributed by atoms with van der Waals surface area (Å²) in [6.07, 6.45) is 6.95. The van der Waals surface area contributed by atoms with Crippen LogP contribution in [0.2, 0.25) is 0 Å². The number of nitrogens with one attached hydrogen (secondary N) is 1. The van der Waals surface area contributed by atoms with Gasteiger partial charge in [-0.1, -0.05) is 25.5 Å². The molecule has 1 aromatic carbocycles. The van der Waals surface area contributed by atoms with E-state index in [-0.39, 0.29) is 10.6 Å². The van der Waals surface area contributed by atoms with Gasteiger partial charge in [-0.25, -0.2) is 13.1 Å². The van der Waals surface area contributed by atoms with Gasteiger partial charge in [-0.2, -0.15) is 0 Å². The van der Waals surface area contributed by atoms with Gasteiger partial charge >= 0.3 is 0 Å². The van der Waals surface area contributed by atoms with Gasteiger partial charge in [0.2, 0.25) is 0 Å². The molecule has 140 valence electrons. The Bertz CT molecular complexity index is 1010. The molecular formula is C20H21N3O3S. The summed E-state index contributed by atoms with van der Waals surface area (Å²) >= 11 is 0. The summed E-state index contributed by atoms with van der Waals surface area (Å²) in [7, 11) is -3.93. The Labute approximate surface area is 158 Å². The van der Waals surface area contributed by atoms with E-state index in [2.05, 4.69) is 16.6 Å². The van der Waals surface area contributed by atoms with Crippen molar-refractivity contribution in [1.29, 1.82) is 0 Å². The number of carbonyl (C=O) groups excluding carboxylic acids is 1. The molecule has 2 aromatic heterocycles. The van der Waals surface area contributed by atoms with Crippen LogP contribution in [0.4, 0.5) is 0 Å². The molecule has 0 saturated heterocycles. The molecule has 6 nitrogen and oxygen atoms in total. The number of nitrogens with zero attached hydrogens (tertiary/aromatic N) is 2. The van der Waals surface area contributed by atoms with Crippen LogP contribution in [0, 0.1) is 0 Å². The van der Waals surface area contributed by atoms with E-state index in [0.29, 0.717) is 6.54 Å². The van der Waals surface area contributed by atoms with Crippen LogP contribution in [0.15, 0.2) is 72.0 Å². The van der Waals surface area contributed by atoms with Crippen LogP contribution in [0.1, 0.15) is 35.0 Å². The van der Waals surface area contributed by atoms with E-state index in [1.807, 2.05) is 12.1 Å². The Hall–Kier alpha value is -2.93. The molecule has 3 rings (SSSR count). The first kappa shape index (κ1) is 18.8. The normalized spacial score (nSPS) is 11.3. The minimum absolute atomic E-state index is 0.0722. The fourth-order valence-corrected chi connectivity index (χ4v) is 3.76. The lowest BCUT2D eigenvalue weighted by atomic mass is 10.1. The van der Waals surface area contributed by atoms with Crippen molar-refractivity contribution in [3.63, 3.8) is 0 Å². The summed E-state index contributed by atoms with van der Waals surface area (Å²) in [4.78, 5) is 16.6. The predicted octanol–water partition coefficient (Wildman–Crippen LogP) is 3.00. The zero-order valence-corrected chi connectivity index (χ0v) is 15.8. The third kappa shape index (κ3) is 4.62. The highest BCUT2D eigenvalue weighted by Gasteiger charge is 2.20. The zero-order chi connectivity index (χ0) is 19.3. The summed E-state index contributed by atoms with van der Waals surface area (Å²) in [6, 6.07) is 13.6. The van der Waals surface area contributed by atoms with Crippen molar-refractivity contribution in [2.45, 2.75) is 31.2 Å². The second-order valence-electron chi connectivity index (χ2n) is 6.21. The number of aryl methyl sites for hydroxylation is 1. The summed E-state index contributed by atoms with van der Waals surface area (Å²) in [5.41, 5.74) is 2.30. The molecule has 0 unspecified atom stereocenters. The average Bonchev–Trinajstić information content (AvgIpc) is 3.11. The van der Waals surface area contributed by atoms with Crippen molar-refractivity contribution in [2.75, 3.05) is 0 Å². The lowest BCUT2D eigenvalue weighted by Crippen LogP contribution is -2.32. The van der Waals surface area contributed by atoms with Crippen molar-refractivity contribution in [3.05, 3.63) is 83.9 Å². The highest BCUT2D eigenvalue weighted by molar-refractivity contribution is 7.90.